The lowest BCUT2D eigenvalue weighted by atomic mass is 9.96. The van der Waals surface area contributed by atoms with Gasteiger partial charge in [-0.15, -0.1) is 11.6 Å². The van der Waals surface area contributed by atoms with Crippen LogP contribution in [0.1, 0.15) is 16.5 Å². The Kier molecular flexibility index (Phi) is 2.28. The van der Waals surface area contributed by atoms with Crippen LogP contribution in [0.3, 0.4) is 0 Å². The van der Waals surface area contributed by atoms with Crippen molar-refractivity contribution < 1.29 is 4.74 Å². The lowest BCUT2D eigenvalue weighted by molar-refractivity contribution is 0.414. The molecule has 1 aliphatic rings. The quantitative estimate of drug-likeness (QED) is 0.493. The third-order valence-corrected chi connectivity index (χ3v) is 2.67. The fourth-order valence-electron chi connectivity index (χ4n) is 1.57. The minimum atomic E-state index is 0.0228. The van der Waals surface area contributed by atoms with Gasteiger partial charge in [-0.25, -0.2) is 0 Å². The number of rotatable bonds is 1. The van der Waals surface area contributed by atoms with Gasteiger partial charge in [-0.2, -0.15) is 0 Å². The van der Waals surface area contributed by atoms with Crippen LogP contribution in [0, 0.1) is 0 Å². The average molecular weight is 195 g/mol. The van der Waals surface area contributed by atoms with Gasteiger partial charge in [0.1, 0.15) is 5.75 Å². The molecular formula is C11H11ClO. The zero-order valence-electron chi connectivity index (χ0n) is 7.46. The molecule has 0 aromatic heterocycles. The van der Waals surface area contributed by atoms with Gasteiger partial charge in [0.2, 0.25) is 0 Å². The van der Waals surface area contributed by atoms with Gasteiger partial charge in [-0.05, 0) is 29.7 Å². The molecule has 0 saturated carbocycles. The third-order valence-electron chi connectivity index (χ3n) is 2.29. The zero-order chi connectivity index (χ0) is 9.26. The van der Waals surface area contributed by atoms with Crippen LogP contribution in [0.5, 0.6) is 5.75 Å². The lowest BCUT2D eigenvalue weighted by Crippen LogP contribution is -2.00. The minimum absolute atomic E-state index is 0.0228. The molecule has 2 rings (SSSR count). The molecule has 0 spiro atoms. The van der Waals surface area contributed by atoms with Crippen LogP contribution in [0.15, 0.2) is 30.4 Å². The fourth-order valence-corrected chi connectivity index (χ4v) is 1.89. The maximum absolute atomic E-state index is 6.12. The number of hydrogen-bond donors (Lipinski definition) is 0. The van der Waals surface area contributed by atoms with Crippen molar-refractivity contribution in [3.8, 4) is 5.75 Å². The molecule has 1 aromatic carbocycles. The molecule has 68 valence electrons. The van der Waals surface area contributed by atoms with Crippen LogP contribution in [-0.2, 0) is 6.42 Å². The number of methoxy groups -OCH3 is 1. The van der Waals surface area contributed by atoms with Crippen LogP contribution in [0.25, 0.3) is 0 Å². The van der Waals surface area contributed by atoms with Crippen LogP contribution in [0.4, 0.5) is 0 Å². The summed E-state index contributed by atoms with van der Waals surface area (Å²) in [6.07, 6.45) is 5.07. The van der Waals surface area contributed by atoms with Crippen molar-refractivity contribution in [2.45, 2.75) is 11.8 Å². The number of ether oxygens (including phenoxy) is 1. The summed E-state index contributed by atoms with van der Waals surface area (Å²) in [4.78, 5) is 0. The predicted octanol–water partition coefficient (Wildman–Crippen LogP) is 3.09. The van der Waals surface area contributed by atoms with Gasteiger partial charge in [0.05, 0.1) is 12.5 Å². The van der Waals surface area contributed by atoms with Gasteiger partial charge in [0.25, 0.3) is 0 Å². The molecule has 0 radical (unpaired) electrons. The van der Waals surface area contributed by atoms with Gasteiger partial charge in [-0.1, -0.05) is 18.2 Å². The zero-order valence-corrected chi connectivity index (χ0v) is 8.21. The van der Waals surface area contributed by atoms with E-state index in [1.54, 1.807) is 7.11 Å². The second-order valence-corrected chi connectivity index (χ2v) is 3.57. The topological polar surface area (TPSA) is 9.23 Å². The van der Waals surface area contributed by atoms with E-state index < -0.39 is 0 Å². The van der Waals surface area contributed by atoms with Gasteiger partial charge in [0, 0.05) is 0 Å². The molecule has 2 heteroatoms. The van der Waals surface area contributed by atoms with E-state index in [0.717, 1.165) is 12.2 Å². The molecule has 0 aliphatic heterocycles. The summed E-state index contributed by atoms with van der Waals surface area (Å²) in [5.74, 6) is 0.901. The van der Waals surface area contributed by atoms with Gasteiger partial charge < -0.3 is 4.74 Å². The van der Waals surface area contributed by atoms with E-state index in [-0.39, 0.29) is 5.38 Å². The Morgan fingerprint density at radius 2 is 2.31 bits per heavy atom. The first-order chi connectivity index (χ1) is 6.31. The van der Waals surface area contributed by atoms with E-state index in [1.807, 2.05) is 24.3 Å². The molecule has 1 nitrogen and oxygen atoms in total. The highest BCUT2D eigenvalue weighted by Crippen LogP contribution is 2.31. The van der Waals surface area contributed by atoms with E-state index in [4.69, 9.17) is 16.3 Å². The Morgan fingerprint density at radius 3 is 3.08 bits per heavy atom. The van der Waals surface area contributed by atoms with Crippen molar-refractivity contribution in [2.75, 3.05) is 7.11 Å². The van der Waals surface area contributed by atoms with E-state index in [2.05, 4.69) is 6.08 Å². The van der Waals surface area contributed by atoms with Crippen LogP contribution < -0.4 is 4.74 Å². The van der Waals surface area contributed by atoms with E-state index in [0.29, 0.717) is 0 Å². The second kappa shape index (κ2) is 3.43. The van der Waals surface area contributed by atoms with E-state index in [9.17, 15) is 0 Å². The van der Waals surface area contributed by atoms with Crippen molar-refractivity contribution in [3.63, 3.8) is 0 Å². The summed E-state index contributed by atoms with van der Waals surface area (Å²) in [5, 5.41) is 0.0228. The fraction of sp³-hybridized carbons (Fsp3) is 0.273. The molecule has 1 aromatic rings. The highest BCUT2D eigenvalue weighted by molar-refractivity contribution is 6.22. The lowest BCUT2D eigenvalue weighted by Gasteiger charge is -2.16. The first kappa shape index (κ1) is 8.64. The van der Waals surface area contributed by atoms with Gasteiger partial charge in [0.15, 0.2) is 0 Å². The van der Waals surface area contributed by atoms with Gasteiger partial charge in [-0.3, -0.25) is 0 Å². The monoisotopic (exact) mass is 194 g/mol. The molecule has 1 atom stereocenters. The average Bonchev–Trinajstić information content (AvgIpc) is 2.18. The molecule has 1 unspecified atom stereocenters. The van der Waals surface area contributed by atoms with Gasteiger partial charge >= 0.3 is 0 Å². The Balaban J connectivity index is 2.43. The third kappa shape index (κ3) is 1.56. The number of allylic oxidation sites excluding steroid dienone is 2. The van der Waals surface area contributed by atoms with Crippen molar-refractivity contribution >= 4 is 11.6 Å². The van der Waals surface area contributed by atoms with Crippen molar-refractivity contribution in [3.05, 3.63) is 41.5 Å². The molecule has 0 fully saturated rings. The van der Waals surface area contributed by atoms with E-state index >= 15 is 0 Å². The Labute approximate surface area is 83.0 Å². The normalized spacial score (nSPS) is 19.7. The summed E-state index contributed by atoms with van der Waals surface area (Å²) in [7, 11) is 1.68. The smallest absolute Gasteiger partial charge is 0.119 e. The highest BCUT2D eigenvalue weighted by Gasteiger charge is 2.13. The van der Waals surface area contributed by atoms with Crippen molar-refractivity contribution in [1.29, 1.82) is 0 Å². The number of hydrogen-bond acceptors (Lipinski definition) is 1. The number of fused-ring (bicyclic) bond motifs is 1. The number of benzene rings is 1. The summed E-state index contributed by atoms with van der Waals surface area (Å²) in [6, 6.07) is 6.04. The second-order valence-electron chi connectivity index (χ2n) is 3.10. The number of alkyl halides is 1. The summed E-state index contributed by atoms with van der Waals surface area (Å²) in [6.45, 7) is 0. The minimum Gasteiger partial charge on any atom is -0.497 e. The maximum atomic E-state index is 6.12. The molecule has 0 heterocycles. The first-order valence-corrected chi connectivity index (χ1v) is 4.72. The Hall–Kier alpha value is -0.950. The maximum Gasteiger partial charge on any atom is 0.119 e. The largest absolute Gasteiger partial charge is 0.497 e. The molecule has 0 bridgehead atoms. The molecule has 0 amide bonds. The molecular weight excluding hydrogens is 184 g/mol. The first-order valence-electron chi connectivity index (χ1n) is 4.29. The van der Waals surface area contributed by atoms with Crippen molar-refractivity contribution in [2.24, 2.45) is 0 Å². The van der Waals surface area contributed by atoms with E-state index in [1.165, 1.54) is 11.1 Å². The SMILES string of the molecule is COc1ccc2c(c1)CC=CC2Cl. The van der Waals surface area contributed by atoms with Crippen LogP contribution in [-0.4, -0.2) is 7.11 Å². The predicted molar refractivity (Wildman–Crippen MR) is 54.4 cm³/mol. The van der Waals surface area contributed by atoms with Crippen LogP contribution >= 0.6 is 11.6 Å². The molecule has 0 N–H and O–H groups in total. The summed E-state index contributed by atoms with van der Waals surface area (Å²) in [5.41, 5.74) is 2.46. The van der Waals surface area contributed by atoms with Crippen LogP contribution in [0.2, 0.25) is 0 Å². The van der Waals surface area contributed by atoms with Crippen molar-refractivity contribution in [1.82, 2.24) is 0 Å². The molecule has 0 saturated heterocycles. The molecule has 1 aliphatic carbocycles. The molecule has 13 heavy (non-hydrogen) atoms. The Bertz CT molecular complexity index is 344. The summed E-state index contributed by atoms with van der Waals surface area (Å²) >= 11 is 6.12. The summed E-state index contributed by atoms with van der Waals surface area (Å²) < 4.78 is 5.15. The Morgan fingerprint density at radius 1 is 1.46 bits per heavy atom. The standard InChI is InChI=1S/C11H11ClO/c1-13-9-5-6-10-8(7-9)3-2-4-11(10)12/h2,4-7,11H,3H2,1H3. The highest BCUT2D eigenvalue weighted by atomic mass is 35.5. The number of halogens is 1.